The summed E-state index contributed by atoms with van der Waals surface area (Å²) < 4.78 is 0. The lowest BCUT2D eigenvalue weighted by molar-refractivity contribution is -0.384. The highest BCUT2D eigenvalue weighted by Gasteiger charge is 2.31. The fourth-order valence-electron chi connectivity index (χ4n) is 1.30. The number of nitrogens with one attached hydrogen (secondary N) is 1. The van der Waals surface area contributed by atoms with E-state index >= 15 is 0 Å². The quantitative estimate of drug-likeness (QED) is 0.486. The fourth-order valence-corrected chi connectivity index (χ4v) is 1.55. The molecular weight excluding hydrogens is 220 g/mol. The Labute approximate surface area is 90.8 Å². The molecule has 0 amide bonds. The maximum Gasteiger partial charge on any atom is 0.348 e. The first-order chi connectivity index (χ1) is 7.13. The van der Waals surface area contributed by atoms with E-state index in [2.05, 4.69) is 15.3 Å². The lowest BCUT2D eigenvalue weighted by atomic mass is 10.3. The Morgan fingerprint density at radius 1 is 1.53 bits per heavy atom. The van der Waals surface area contributed by atoms with Crippen molar-refractivity contribution >= 4 is 23.1 Å². The SMILES string of the molecule is CNc1nc(C2CC2)nc(Cl)c1[N+](=O)[O-]. The first-order valence-corrected chi connectivity index (χ1v) is 4.91. The summed E-state index contributed by atoms with van der Waals surface area (Å²) in [6.07, 6.45) is 2.05. The van der Waals surface area contributed by atoms with E-state index in [9.17, 15) is 10.1 Å². The Morgan fingerprint density at radius 3 is 2.67 bits per heavy atom. The van der Waals surface area contributed by atoms with Gasteiger partial charge in [-0.15, -0.1) is 0 Å². The molecular formula is C8H9ClN4O2. The zero-order valence-electron chi connectivity index (χ0n) is 8.03. The van der Waals surface area contributed by atoms with E-state index in [0.717, 1.165) is 12.8 Å². The van der Waals surface area contributed by atoms with Crippen LogP contribution < -0.4 is 5.32 Å². The molecule has 80 valence electrons. The van der Waals surface area contributed by atoms with Crippen molar-refractivity contribution in [1.82, 2.24) is 9.97 Å². The van der Waals surface area contributed by atoms with Gasteiger partial charge in [0.15, 0.2) is 0 Å². The summed E-state index contributed by atoms with van der Waals surface area (Å²) in [6.45, 7) is 0. The largest absolute Gasteiger partial charge is 0.367 e. The van der Waals surface area contributed by atoms with Crippen LogP contribution in [0.2, 0.25) is 5.15 Å². The van der Waals surface area contributed by atoms with Crippen LogP contribution in [0.15, 0.2) is 0 Å². The minimum Gasteiger partial charge on any atom is -0.367 e. The van der Waals surface area contributed by atoms with E-state index < -0.39 is 4.92 Å². The molecule has 2 rings (SSSR count). The highest BCUT2D eigenvalue weighted by atomic mass is 35.5. The highest BCUT2D eigenvalue weighted by Crippen LogP contribution is 2.40. The molecule has 7 heteroatoms. The van der Waals surface area contributed by atoms with E-state index in [1.807, 2.05) is 0 Å². The van der Waals surface area contributed by atoms with Crippen LogP contribution in [0, 0.1) is 10.1 Å². The molecule has 15 heavy (non-hydrogen) atoms. The molecule has 0 atom stereocenters. The average Bonchev–Trinajstić information content (AvgIpc) is 2.98. The number of hydrogen-bond donors (Lipinski definition) is 1. The molecule has 1 N–H and O–H groups in total. The third kappa shape index (κ3) is 1.85. The molecule has 1 aliphatic rings. The molecule has 0 spiro atoms. The van der Waals surface area contributed by atoms with Gasteiger partial charge in [0.2, 0.25) is 11.0 Å². The topological polar surface area (TPSA) is 81.0 Å². The van der Waals surface area contributed by atoms with Gasteiger partial charge in [0.1, 0.15) is 5.82 Å². The van der Waals surface area contributed by atoms with E-state index in [0.29, 0.717) is 11.7 Å². The highest BCUT2D eigenvalue weighted by molar-refractivity contribution is 6.31. The standard InChI is InChI=1S/C8H9ClN4O2/c1-10-8-5(13(14)15)6(9)11-7(12-8)4-2-3-4/h4H,2-3H2,1H3,(H,10,11,12). The van der Waals surface area contributed by atoms with Gasteiger partial charge in [-0.2, -0.15) is 0 Å². The lowest BCUT2D eigenvalue weighted by Crippen LogP contribution is -2.05. The van der Waals surface area contributed by atoms with Gasteiger partial charge in [-0.25, -0.2) is 9.97 Å². The van der Waals surface area contributed by atoms with Crippen molar-refractivity contribution < 1.29 is 4.92 Å². The maximum atomic E-state index is 10.7. The van der Waals surface area contributed by atoms with Crippen molar-refractivity contribution in [3.05, 3.63) is 21.1 Å². The molecule has 0 aliphatic heterocycles. The van der Waals surface area contributed by atoms with Crippen LogP contribution in [-0.2, 0) is 0 Å². The molecule has 1 fully saturated rings. The van der Waals surface area contributed by atoms with Gasteiger partial charge in [-0.3, -0.25) is 10.1 Å². The third-order valence-electron chi connectivity index (χ3n) is 2.22. The molecule has 1 aliphatic carbocycles. The van der Waals surface area contributed by atoms with Gasteiger partial charge in [-0.1, -0.05) is 11.6 Å². The minimum absolute atomic E-state index is 0.0961. The Kier molecular flexibility index (Phi) is 2.44. The second-order valence-corrected chi connectivity index (χ2v) is 3.71. The van der Waals surface area contributed by atoms with Crippen LogP contribution in [0.1, 0.15) is 24.6 Å². The molecule has 1 saturated carbocycles. The number of halogens is 1. The first-order valence-electron chi connectivity index (χ1n) is 4.53. The van der Waals surface area contributed by atoms with E-state index in [1.54, 1.807) is 7.05 Å². The van der Waals surface area contributed by atoms with Gasteiger partial charge in [0, 0.05) is 13.0 Å². The van der Waals surface area contributed by atoms with Gasteiger partial charge in [0.05, 0.1) is 4.92 Å². The summed E-state index contributed by atoms with van der Waals surface area (Å²) in [6, 6.07) is 0. The van der Waals surface area contributed by atoms with Gasteiger partial charge >= 0.3 is 5.69 Å². The van der Waals surface area contributed by atoms with Crippen molar-refractivity contribution in [1.29, 1.82) is 0 Å². The summed E-state index contributed by atoms with van der Waals surface area (Å²) in [5.41, 5.74) is -0.261. The number of rotatable bonds is 3. The minimum atomic E-state index is -0.579. The smallest absolute Gasteiger partial charge is 0.348 e. The van der Waals surface area contributed by atoms with Crippen LogP contribution in [-0.4, -0.2) is 21.9 Å². The zero-order valence-corrected chi connectivity index (χ0v) is 8.78. The van der Waals surface area contributed by atoms with Crippen molar-refractivity contribution in [3.63, 3.8) is 0 Å². The predicted molar refractivity (Wildman–Crippen MR) is 55.2 cm³/mol. The van der Waals surface area contributed by atoms with Crippen LogP contribution in [0.25, 0.3) is 0 Å². The molecule has 1 heterocycles. The van der Waals surface area contributed by atoms with Crippen LogP contribution >= 0.6 is 11.6 Å². The maximum absolute atomic E-state index is 10.7. The summed E-state index contributed by atoms with van der Waals surface area (Å²) >= 11 is 5.75. The summed E-state index contributed by atoms with van der Waals surface area (Å²) in [5.74, 6) is 1.09. The Morgan fingerprint density at radius 2 is 2.20 bits per heavy atom. The van der Waals surface area contributed by atoms with Gasteiger partial charge in [0.25, 0.3) is 0 Å². The molecule has 0 saturated heterocycles. The Hall–Kier alpha value is -1.43. The summed E-state index contributed by atoms with van der Waals surface area (Å²) in [5, 5.41) is 13.3. The Balaban J connectivity index is 2.50. The number of anilines is 1. The van der Waals surface area contributed by atoms with Crippen molar-refractivity contribution in [2.75, 3.05) is 12.4 Å². The monoisotopic (exact) mass is 228 g/mol. The van der Waals surface area contributed by atoms with Crippen LogP contribution in [0.4, 0.5) is 11.5 Å². The van der Waals surface area contributed by atoms with Crippen LogP contribution in [0.3, 0.4) is 0 Å². The normalized spacial score (nSPS) is 15.1. The number of hydrogen-bond acceptors (Lipinski definition) is 5. The van der Waals surface area contributed by atoms with E-state index in [1.165, 1.54) is 0 Å². The molecule has 0 bridgehead atoms. The second-order valence-electron chi connectivity index (χ2n) is 3.35. The fraction of sp³-hybridized carbons (Fsp3) is 0.500. The molecule has 0 unspecified atom stereocenters. The number of nitrogens with zero attached hydrogens (tertiary/aromatic N) is 3. The third-order valence-corrected chi connectivity index (χ3v) is 2.48. The van der Waals surface area contributed by atoms with Crippen LogP contribution in [0.5, 0.6) is 0 Å². The lowest BCUT2D eigenvalue weighted by Gasteiger charge is -2.04. The first kappa shape index (κ1) is 10.1. The number of aromatic nitrogens is 2. The second kappa shape index (κ2) is 3.62. The van der Waals surface area contributed by atoms with Crippen molar-refractivity contribution in [2.45, 2.75) is 18.8 Å². The van der Waals surface area contributed by atoms with Gasteiger partial charge in [-0.05, 0) is 12.8 Å². The summed E-state index contributed by atoms with van der Waals surface area (Å²) in [4.78, 5) is 18.1. The van der Waals surface area contributed by atoms with E-state index in [4.69, 9.17) is 11.6 Å². The molecule has 0 aromatic carbocycles. The van der Waals surface area contributed by atoms with Gasteiger partial charge < -0.3 is 5.32 Å². The molecule has 0 radical (unpaired) electrons. The Bertz CT molecular complexity index is 419. The van der Waals surface area contributed by atoms with Crippen molar-refractivity contribution in [2.24, 2.45) is 0 Å². The number of nitro groups is 1. The average molecular weight is 229 g/mol. The van der Waals surface area contributed by atoms with Crippen molar-refractivity contribution in [3.8, 4) is 0 Å². The van der Waals surface area contributed by atoms with E-state index in [-0.39, 0.29) is 16.7 Å². The predicted octanol–water partition coefficient (Wildman–Crippen LogP) is 1.96. The molecule has 6 nitrogen and oxygen atoms in total. The summed E-state index contributed by atoms with van der Waals surface area (Å²) in [7, 11) is 1.57. The molecule has 1 aromatic rings. The zero-order chi connectivity index (χ0) is 11.0. The molecule has 1 aromatic heterocycles.